The van der Waals surface area contributed by atoms with Crippen LogP contribution in [0.2, 0.25) is 0 Å². The van der Waals surface area contributed by atoms with E-state index in [1.165, 1.54) is 0 Å². The van der Waals surface area contributed by atoms with Crippen LogP contribution in [0.5, 0.6) is 0 Å². The van der Waals surface area contributed by atoms with Crippen LogP contribution in [0.15, 0.2) is 71.6 Å². The van der Waals surface area contributed by atoms with E-state index >= 15 is 0 Å². The molecule has 0 aliphatic heterocycles. The number of hydrogen-bond donors (Lipinski definition) is 3. The van der Waals surface area contributed by atoms with Gasteiger partial charge in [-0.1, -0.05) is 18.2 Å². The average molecular weight is 411 g/mol. The van der Waals surface area contributed by atoms with Crippen molar-refractivity contribution in [3.05, 3.63) is 72.3 Å². The summed E-state index contributed by atoms with van der Waals surface area (Å²) in [5.74, 6) is 0.0298. The summed E-state index contributed by atoms with van der Waals surface area (Å²) in [6.07, 6.45) is 0.208. The van der Waals surface area contributed by atoms with Crippen LogP contribution < -0.4 is 11.1 Å². The van der Waals surface area contributed by atoms with E-state index in [9.17, 15) is 13.2 Å². The number of hydrogen-bond acceptors (Lipinski definition) is 6. The first-order valence-corrected chi connectivity index (χ1v) is 10.6. The van der Waals surface area contributed by atoms with Gasteiger partial charge in [0, 0.05) is 23.4 Å². The molecule has 150 valence electrons. The van der Waals surface area contributed by atoms with Crippen molar-refractivity contribution in [3.63, 3.8) is 0 Å². The standard InChI is InChI=1S/C21H21N3O4S/c22-21(26)16-5-9-17(10-6-16)23-20-4-1-3-19(24-20)15-7-11-18(12-8-15)29(27,28)14-2-13-25/h1,3-12,25H,2,13-14H2,(H2,22,26)(H,23,24). The highest BCUT2D eigenvalue weighted by atomic mass is 32.2. The zero-order valence-electron chi connectivity index (χ0n) is 15.6. The number of aromatic nitrogens is 1. The molecule has 3 rings (SSSR count). The number of anilines is 2. The normalized spacial score (nSPS) is 11.2. The second-order valence-corrected chi connectivity index (χ2v) is 8.50. The molecule has 3 aromatic rings. The van der Waals surface area contributed by atoms with Gasteiger partial charge < -0.3 is 16.2 Å². The van der Waals surface area contributed by atoms with Gasteiger partial charge in [0.2, 0.25) is 5.91 Å². The number of nitrogens with one attached hydrogen (secondary N) is 1. The van der Waals surface area contributed by atoms with Crippen LogP contribution in [0.1, 0.15) is 16.8 Å². The summed E-state index contributed by atoms with van der Waals surface area (Å²) in [6.45, 7) is -0.160. The lowest BCUT2D eigenvalue weighted by molar-refractivity contribution is 0.100. The van der Waals surface area contributed by atoms with E-state index < -0.39 is 15.7 Å². The van der Waals surface area contributed by atoms with Gasteiger partial charge in [-0.25, -0.2) is 13.4 Å². The zero-order valence-corrected chi connectivity index (χ0v) is 16.4. The first kappa shape index (κ1) is 20.5. The fraction of sp³-hybridized carbons (Fsp3) is 0.143. The Morgan fingerprint density at radius 3 is 2.31 bits per heavy atom. The fourth-order valence-corrected chi connectivity index (χ4v) is 4.03. The van der Waals surface area contributed by atoms with Crippen molar-refractivity contribution in [1.82, 2.24) is 4.98 Å². The fourth-order valence-electron chi connectivity index (χ4n) is 2.74. The van der Waals surface area contributed by atoms with Crippen molar-refractivity contribution >= 4 is 27.2 Å². The Hall–Kier alpha value is -3.23. The minimum absolute atomic E-state index is 0.0882. The molecule has 0 aliphatic carbocycles. The Morgan fingerprint density at radius 1 is 1.00 bits per heavy atom. The molecule has 0 bridgehead atoms. The zero-order chi connectivity index (χ0) is 20.9. The Labute approximate surface area is 169 Å². The van der Waals surface area contributed by atoms with Crippen LogP contribution in [-0.4, -0.2) is 36.8 Å². The second kappa shape index (κ2) is 8.85. The highest BCUT2D eigenvalue weighted by Crippen LogP contribution is 2.23. The molecule has 2 aromatic carbocycles. The van der Waals surface area contributed by atoms with Crippen molar-refractivity contribution in [2.45, 2.75) is 11.3 Å². The Morgan fingerprint density at radius 2 is 1.69 bits per heavy atom. The van der Waals surface area contributed by atoms with E-state index in [1.54, 1.807) is 54.6 Å². The molecule has 1 heterocycles. The number of nitrogens with two attached hydrogens (primary N) is 1. The quantitative estimate of drug-likeness (QED) is 0.524. The summed E-state index contributed by atoms with van der Waals surface area (Å²) in [5, 5.41) is 12.0. The molecule has 1 aromatic heterocycles. The molecule has 0 fully saturated rings. The van der Waals surface area contributed by atoms with Gasteiger partial charge >= 0.3 is 0 Å². The number of sulfone groups is 1. The molecule has 0 radical (unpaired) electrons. The van der Waals surface area contributed by atoms with Crippen molar-refractivity contribution in [1.29, 1.82) is 0 Å². The van der Waals surface area contributed by atoms with Gasteiger partial charge in [0.05, 0.1) is 16.3 Å². The van der Waals surface area contributed by atoms with Crippen LogP contribution in [-0.2, 0) is 9.84 Å². The third kappa shape index (κ3) is 5.18. The van der Waals surface area contributed by atoms with E-state index in [-0.39, 0.29) is 23.7 Å². The van der Waals surface area contributed by atoms with E-state index in [0.29, 0.717) is 17.1 Å². The third-order valence-corrected chi connectivity index (χ3v) is 6.09. The highest BCUT2D eigenvalue weighted by Gasteiger charge is 2.14. The van der Waals surface area contributed by atoms with E-state index in [0.717, 1.165) is 11.3 Å². The number of nitrogens with zero attached hydrogens (tertiary/aromatic N) is 1. The second-order valence-electron chi connectivity index (χ2n) is 6.40. The number of aliphatic hydroxyl groups excluding tert-OH is 1. The maximum atomic E-state index is 12.2. The molecule has 0 saturated heterocycles. The number of carbonyl (C=O) groups is 1. The molecule has 0 spiro atoms. The molecule has 0 aliphatic rings. The van der Waals surface area contributed by atoms with E-state index in [2.05, 4.69) is 10.3 Å². The maximum Gasteiger partial charge on any atom is 0.248 e. The lowest BCUT2D eigenvalue weighted by atomic mass is 10.1. The van der Waals surface area contributed by atoms with Crippen LogP contribution >= 0.6 is 0 Å². The Kier molecular flexibility index (Phi) is 6.26. The lowest BCUT2D eigenvalue weighted by Gasteiger charge is -2.09. The van der Waals surface area contributed by atoms with E-state index in [4.69, 9.17) is 10.8 Å². The summed E-state index contributed by atoms with van der Waals surface area (Å²) in [5.41, 5.74) is 7.88. The van der Waals surface area contributed by atoms with Crippen molar-refractivity contribution in [3.8, 4) is 11.3 Å². The first-order valence-electron chi connectivity index (χ1n) is 8.97. The third-order valence-electron chi connectivity index (χ3n) is 4.27. The smallest absolute Gasteiger partial charge is 0.248 e. The summed E-state index contributed by atoms with van der Waals surface area (Å²) in [4.78, 5) is 15.9. The van der Waals surface area contributed by atoms with Crippen LogP contribution in [0, 0.1) is 0 Å². The predicted molar refractivity (Wildman–Crippen MR) is 112 cm³/mol. The van der Waals surface area contributed by atoms with Crippen LogP contribution in [0.3, 0.4) is 0 Å². The van der Waals surface area contributed by atoms with Crippen molar-refractivity contribution < 1.29 is 18.3 Å². The molecule has 7 nitrogen and oxygen atoms in total. The topological polar surface area (TPSA) is 122 Å². The Bertz CT molecular complexity index is 1100. The predicted octanol–water partition coefficient (Wildman–Crippen LogP) is 2.75. The number of rotatable bonds is 8. The number of benzene rings is 2. The highest BCUT2D eigenvalue weighted by molar-refractivity contribution is 7.91. The summed E-state index contributed by atoms with van der Waals surface area (Å²) in [6, 6.07) is 18.7. The average Bonchev–Trinajstić information content (AvgIpc) is 2.73. The van der Waals surface area contributed by atoms with Gasteiger partial charge in [-0.05, 0) is 55.0 Å². The summed E-state index contributed by atoms with van der Waals surface area (Å²) < 4.78 is 24.4. The summed E-state index contributed by atoms with van der Waals surface area (Å²) >= 11 is 0. The lowest BCUT2D eigenvalue weighted by Crippen LogP contribution is -2.10. The van der Waals surface area contributed by atoms with Gasteiger partial charge in [0.15, 0.2) is 9.84 Å². The van der Waals surface area contributed by atoms with E-state index in [1.807, 2.05) is 12.1 Å². The first-order chi connectivity index (χ1) is 13.9. The SMILES string of the molecule is NC(=O)c1ccc(Nc2cccc(-c3ccc(S(=O)(=O)CCCO)cc3)n2)cc1. The largest absolute Gasteiger partial charge is 0.396 e. The molecule has 8 heteroatoms. The molecule has 0 unspecified atom stereocenters. The molecule has 4 N–H and O–H groups in total. The van der Waals surface area contributed by atoms with Gasteiger partial charge in [-0.2, -0.15) is 0 Å². The number of pyridine rings is 1. The molecule has 0 saturated carbocycles. The molecule has 0 atom stereocenters. The molecule has 29 heavy (non-hydrogen) atoms. The molecule has 1 amide bonds. The van der Waals surface area contributed by atoms with Crippen LogP contribution in [0.4, 0.5) is 11.5 Å². The molecular weight excluding hydrogens is 390 g/mol. The number of amides is 1. The van der Waals surface area contributed by atoms with Crippen molar-refractivity contribution in [2.75, 3.05) is 17.7 Å². The minimum Gasteiger partial charge on any atom is -0.396 e. The van der Waals surface area contributed by atoms with Gasteiger partial charge in [0.25, 0.3) is 0 Å². The molecular formula is C21H21N3O4S. The monoisotopic (exact) mass is 411 g/mol. The van der Waals surface area contributed by atoms with Gasteiger partial charge in [-0.15, -0.1) is 0 Å². The van der Waals surface area contributed by atoms with Crippen molar-refractivity contribution in [2.24, 2.45) is 5.73 Å². The maximum absolute atomic E-state index is 12.2. The number of aliphatic hydroxyl groups is 1. The number of primary amides is 1. The summed E-state index contributed by atoms with van der Waals surface area (Å²) in [7, 11) is -3.41. The minimum atomic E-state index is -3.41. The van der Waals surface area contributed by atoms with Gasteiger partial charge in [-0.3, -0.25) is 4.79 Å². The Balaban J connectivity index is 1.77. The number of carbonyl (C=O) groups excluding carboxylic acids is 1. The van der Waals surface area contributed by atoms with Gasteiger partial charge in [0.1, 0.15) is 5.82 Å². The van der Waals surface area contributed by atoms with Crippen LogP contribution in [0.25, 0.3) is 11.3 Å².